The molecule has 0 radical (unpaired) electrons. The summed E-state index contributed by atoms with van der Waals surface area (Å²) >= 11 is 0. The molecule has 0 saturated heterocycles. The summed E-state index contributed by atoms with van der Waals surface area (Å²) in [6, 6.07) is 4.34. The van der Waals surface area contributed by atoms with Crippen LogP contribution in [0.3, 0.4) is 0 Å². The summed E-state index contributed by atoms with van der Waals surface area (Å²) in [5, 5.41) is 17.9. The van der Waals surface area contributed by atoms with Gasteiger partial charge in [-0.1, -0.05) is 127 Å². The Balaban J connectivity index is 2.33. The molecule has 326 valence electrons. The number of hydrogen-bond donors (Lipinski definition) is 2. The van der Waals surface area contributed by atoms with E-state index in [4.69, 9.17) is 24.1 Å². The lowest BCUT2D eigenvalue weighted by molar-refractivity contribution is -0.870. The van der Waals surface area contributed by atoms with Crippen molar-refractivity contribution < 1.29 is 47.0 Å². The molecule has 17 heteroatoms. The van der Waals surface area contributed by atoms with Crippen molar-refractivity contribution in [3.8, 4) is 0 Å². The number of nitro groups is 1. The summed E-state index contributed by atoms with van der Waals surface area (Å²) in [6.45, 7) is 2.58. The number of nitro benzene ring substituents is 1. The van der Waals surface area contributed by atoms with Crippen LogP contribution in [0.15, 0.2) is 23.3 Å². The molecule has 0 saturated carbocycles. The van der Waals surface area contributed by atoms with Crippen LogP contribution < -0.4 is 5.32 Å². The van der Waals surface area contributed by atoms with Gasteiger partial charge in [0.15, 0.2) is 6.10 Å². The molecule has 0 amide bonds. The molecule has 1 aromatic carbocycles. The number of nitrogens with one attached hydrogen (secondary N) is 1. The summed E-state index contributed by atoms with van der Waals surface area (Å²) in [6.07, 6.45) is 20.7. The average molecular weight is 828 g/mol. The summed E-state index contributed by atoms with van der Waals surface area (Å²) in [4.78, 5) is 48.8. The zero-order valence-corrected chi connectivity index (χ0v) is 36.1. The third-order valence-electron chi connectivity index (χ3n) is 9.36. The highest BCUT2D eigenvalue weighted by molar-refractivity contribution is 7.47. The van der Waals surface area contributed by atoms with Gasteiger partial charge in [-0.25, -0.2) is 4.57 Å². The second-order valence-electron chi connectivity index (χ2n) is 15.7. The molecule has 2 N–H and O–H groups in total. The molecule has 1 unspecified atom stereocenters. The number of rotatable bonds is 37. The van der Waals surface area contributed by atoms with Crippen molar-refractivity contribution in [1.29, 1.82) is 0 Å². The van der Waals surface area contributed by atoms with Gasteiger partial charge >= 0.3 is 19.8 Å². The zero-order chi connectivity index (χ0) is 42.2. The van der Waals surface area contributed by atoms with Gasteiger partial charge in [-0.05, 0) is 30.9 Å². The van der Waals surface area contributed by atoms with Crippen LogP contribution >= 0.6 is 7.82 Å². The van der Waals surface area contributed by atoms with Crippen LogP contribution in [0.1, 0.15) is 148 Å². The number of ether oxygens (including phenoxy) is 2. The average Bonchev–Trinajstić information content (AvgIpc) is 3.15. The Morgan fingerprint density at radius 2 is 1.37 bits per heavy atom. The molecule has 0 fully saturated rings. The molecule has 0 aliphatic carbocycles. The van der Waals surface area contributed by atoms with Gasteiger partial charge in [0.1, 0.15) is 25.4 Å². The highest BCUT2D eigenvalue weighted by Crippen LogP contribution is 2.43. The largest absolute Gasteiger partial charge is 0.472 e. The Labute approximate surface area is 340 Å². The maximum atomic E-state index is 12.7. The number of benzene rings is 1. The predicted octanol–water partition coefficient (Wildman–Crippen LogP) is 10.8. The Hall–Kier alpha value is -3.26. The number of phosphoric acid groups is 1. The second-order valence-corrected chi connectivity index (χ2v) is 17.2. The van der Waals surface area contributed by atoms with Gasteiger partial charge < -0.3 is 24.2 Å². The molecular formula is C40H72N6O10P+. The van der Waals surface area contributed by atoms with Gasteiger partial charge in [0.2, 0.25) is 0 Å². The minimum Gasteiger partial charge on any atom is -0.462 e. The van der Waals surface area contributed by atoms with E-state index in [1.165, 1.54) is 57.1 Å². The van der Waals surface area contributed by atoms with Crippen LogP contribution in [0, 0.1) is 10.1 Å². The number of nitrogens with zero attached hydrogens (tertiary/aromatic N) is 5. The molecule has 0 heterocycles. The first kappa shape index (κ1) is 51.8. The van der Waals surface area contributed by atoms with Crippen molar-refractivity contribution in [2.24, 2.45) is 5.11 Å². The maximum Gasteiger partial charge on any atom is 0.472 e. The molecule has 0 bridgehead atoms. The smallest absolute Gasteiger partial charge is 0.462 e. The summed E-state index contributed by atoms with van der Waals surface area (Å²) in [5.41, 5.74) is 9.01. The Bertz CT molecular complexity index is 1370. The van der Waals surface area contributed by atoms with Crippen molar-refractivity contribution in [2.75, 3.05) is 59.4 Å². The van der Waals surface area contributed by atoms with E-state index in [9.17, 15) is 29.2 Å². The minimum absolute atomic E-state index is 0.000108. The number of esters is 2. The van der Waals surface area contributed by atoms with Crippen LogP contribution in [-0.4, -0.2) is 86.4 Å². The summed E-state index contributed by atoms with van der Waals surface area (Å²) < 4.78 is 34.2. The molecule has 2 atom stereocenters. The first-order chi connectivity index (χ1) is 27.3. The van der Waals surface area contributed by atoms with Crippen LogP contribution in [0.25, 0.3) is 10.4 Å². The van der Waals surface area contributed by atoms with Crippen LogP contribution in [0.5, 0.6) is 0 Å². The normalized spacial score (nSPS) is 13.0. The van der Waals surface area contributed by atoms with Gasteiger partial charge in [0.25, 0.3) is 5.69 Å². The monoisotopic (exact) mass is 828 g/mol. The first-order valence-corrected chi connectivity index (χ1v) is 22.6. The lowest BCUT2D eigenvalue weighted by Gasteiger charge is -2.24. The zero-order valence-electron chi connectivity index (χ0n) is 35.2. The maximum absolute atomic E-state index is 12.7. The highest BCUT2D eigenvalue weighted by Gasteiger charge is 2.27. The van der Waals surface area contributed by atoms with E-state index < -0.39 is 37.4 Å². The van der Waals surface area contributed by atoms with Crippen molar-refractivity contribution in [2.45, 2.75) is 154 Å². The highest BCUT2D eigenvalue weighted by atomic mass is 31.2. The molecule has 16 nitrogen and oxygen atoms in total. The molecule has 0 aliphatic heterocycles. The Kier molecular flexibility index (Phi) is 28.8. The van der Waals surface area contributed by atoms with E-state index >= 15 is 0 Å². The van der Waals surface area contributed by atoms with Crippen molar-refractivity contribution in [3.63, 3.8) is 0 Å². The van der Waals surface area contributed by atoms with Crippen LogP contribution in [0.2, 0.25) is 0 Å². The van der Waals surface area contributed by atoms with Crippen molar-refractivity contribution in [1.82, 2.24) is 0 Å². The number of phosphoric ester groups is 1. The lowest BCUT2D eigenvalue weighted by atomic mass is 10.1. The summed E-state index contributed by atoms with van der Waals surface area (Å²) in [7, 11) is 1.36. The topological polar surface area (TPSA) is 212 Å². The number of carbonyl (C=O) groups is 2. The predicted molar refractivity (Wildman–Crippen MR) is 223 cm³/mol. The van der Waals surface area contributed by atoms with E-state index in [0.29, 0.717) is 36.1 Å². The molecular weight excluding hydrogens is 755 g/mol. The third kappa shape index (κ3) is 29.6. The van der Waals surface area contributed by atoms with Crippen molar-refractivity contribution in [3.05, 3.63) is 38.8 Å². The molecule has 0 aliphatic rings. The molecule has 57 heavy (non-hydrogen) atoms. The van der Waals surface area contributed by atoms with Crippen molar-refractivity contribution >= 4 is 36.8 Å². The molecule has 1 aromatic rings. The SMILES string of the molecule is CCCCCCCCCCCCCC(=O)OC[C@H](COP(=O)(O)OCC[N+](C)(C)C)OC(=O)CCCCCCCCCCCNc1ccc(N=[N+]=[N-])cc1[N+](=O)[O-]. The quantitative estimate of drug-likeness (QED) is 0.00741. The number of hydrogen-bond acceptors (Lipinski definition) is 11. The number of azide groups is 1. The lowest BCUT2D eigenvalue weighted by Crippen LogP contribution is -2.37. The number of anilines is 1. The van der Waals surface area contributed by atoms with E-state index in [-0.39, 0.29) is 37.4 Å². The van der Waals surface area contributed by atoms with E-state index in [0.717, 1.165) is 70.6 Å². The fourth-order valence-corrected chi connectivity index (χ4v) is 6.73. The molecule has 0 aromatic heterocycles. The molecule has 1 rings (SSSR count). The first-order valence-electron chi connectivity index (χ1n) is 21.1. The third-order valence-corrected chi connectivity index (χ3v) is 10.3. The van der Waals surface area contributed by atoms with Gasteiger partial charge in [-0.15, -0.1) is 0 Å². The minimum atomic E-state index is -4.41. The molecule has 0 spiro atoms. The van der Waals surface area contributed by atoms with Gasteiger partial charge in [-0.3, -0.25) is 28.8 Å². The number of likely N-dealkylation sites (N-methyl/N-ethyl adjacent to an activating group) is 1. The van der Waals surface area contributed by atoms with E-state index in [2.05, 4.69) is 22.3 Å². The number of carbonyl (C=O) groups excluding carboxylic acids is 2. The second kappa shape index (κ2) is 31.7. The fraction of sp³-hybridized carbons (Fsp3) is 0.800. The fourth-order valence-electron chi connectivity index (χ4n) is 5.99. The van der Waals surface area contributed by atoms with E-state index in [1.807, 2.05) is 21.1 Å². The Morgan fingerprint density at radius 1 is 0.842 bits per heavy atom. The number of unbranched alkanes of at least 4 members (excludes halogenated alkanes) is 18. The van der Waals surface area contributed by atoms with Crippen LogP contribution in [0.4, 0.5) is 17.1 Å². The van der Waals surface area contributed by atoms with Gasteiger partial charge in [0, 0.05) is 36.1 Å². The number of quaternary nitrogens is 1. The van der Waals surface area contributed by atoms with Crippen LogP contribution in [-0.2, 0) is 32.7 Å². The Morgan fingerprint density at radius 3 is 1.89 bits per heavy atom. The van der Waals surface area contributed by atoms with Gasteiger partial charge in [0.05, 0.1) is 32.7 Å². The summed E-state index contributed by atoms with van der Waals surface area (Å²) in [5.74, 6) is -0.897. The standard InChI is InChI=1S/C40H71N6O10P/c1-5-6-7-8-9-10-11-13-16-19-22-25-39(47)53-33-36(34-55-57(51,52)54-31-30-46(2,3)4)56-40(48)26-23-20-17-14-12-15-18-21-24-29-42-37-28-27-35(43-44-41)32-38(37)45(49)50/h27-28,32,36,42H,5-26,29-31,33-34H2,1-4H3/p+1/t36-/m1/s1. The van der Waals surface area contributed by atoms with Gasteiger partial charge in [-0.2, -0.15) is 0 Å². The van der Waals surface area contributed by atoms with E-state index in [1.54, 1.807) is 6.07 Å².